The van der Waals surface area contributed by atoms with Gasteiger partial charge < -0.3 is 15.4 Å². The Morgan fingerprint density at radius 1 is 1.04 bits per heavy atom. The zero-order valence-corrected chi connectivity index (χ0v) is 14.3. The predicted molar refractivity (Wildman–Crippen MR) is 98.7 cm³/mol. The van der Waals surface area contributed by atoms with Gasteiger partial charge in [-0.1, -0.05) is 42.5 Å². The van der Waals surface area contributed by atoms with Crippen LogP contribution in [0.5, 0.6) is 0 Å². The average Bonchev–Trinajstić information content (AvgIpc) is 3.19. The highest BCUT2D eigenvalue weighted by Gasteiger charge is 2.45. The first-order chi connectivity index (χ1) is 12.6. The van der Waals surface area contributed by atoms with Crippen molar-refractivity contribution < 1.29 is 14.7 Å². The zero-order valence-electron chi connectivity index (χ0n) is 14.3. The number of aromatic nitrogens is 1. The number of carboxylic acid groups (broad SMARTS) is 1. The molecule has 0 atom stereocenters. The van der Waals surface area contributed by atoms with Crippen molar-refractivity contribution >= 4 is 22.8 Å². The van der Waals surface area contributed by atoms with Crippen molar-refractivity contribution in [1.82, 2.24) is 10.3 Å². The first-order valence-corrected chi connectivity index (χ1v) is 8.69. The summed E-state index contributed by atoms with van der Waals surface area (Å²) in [7, 11) is 0. The summed E-state index contributed by atoms with van der Waals surface area (Å²) < 4.78 is 0. The van der Waals surface area contributed by atoms with E-state index in [1.165, 1.54) is 0 Å². The molecule has 1 aliphatic rings. The lowest BCUT2D eigenvalue weighted by Crippen LogP contribution is -2.43. The normalized spacial score (nSPS) is 14.9. The largest absolute Gasteiger partial charge is 0.481 e. The van der Waals surface area contributed by atoms with Crippen LogP contribution in [0, 0.1) is 5.41 Å². The van der Waals surface area contributed by atoms with Crippen molar-refractivity contribution in [3.63, 3.8) is 0 Å². The van der Waals surface area contributed by atoms with Gasteiger partial charge in [0, 0.05) is 11.2 Å². The molecule has 0 unspecified atom stereocenters. The predicted octanol–water partition coefficient (Wildman–Crippen LogP) is 3.04. The van der Waals surface area contributed by atoms with Crippen LogP contribution in [0.4, 0.5) is 0 Å². The second-order valence-corrected chi connectivity index (χ2v) is 7.04. The molecule has 1 aliphatic carbocycles. The standard InChI is InChI=1S/C21H20N2O3/c24-19(25)12-21(10-15-6-1-2-7-16(15)11-21)20(26)22-13-17-9-14-5-3-4-8-18(14)23-17/h1-9,23H,10-13H2,(H,22,26)(H,24,25). The van der Waals surface area contributed by atoms with Gasteiger partial charge in [0.15, 0.2) is 0 Å². The molecule has 0 aliphatic heterocycles. The van der Waals surface area contributed by atoms with Crippen molar-refractivity contribution in [2.45, 2.75) is 25.8 Å². The Morgan fingerprint density at radius 3 is 2.35 bits per heavy atom. The number of para-hydroxylation sites is 1. The van der Waals surface area contributed by atoms with Gasteiger partial charge in [-0.3, -0.25) is 9.59 Å². The van der Waals surface area contributed by atoms with Crippen LogP contribution in [0.2, 0.25) is 0 Å². The lowest BCUT2D eigenvalue weighted by atomic mass is 9.80. The number of nitrogens with one attached hydrogen (secondary N) is 2. The number of carbonyl (C=O) groups excluding carboxylic acids is 1. The molecular formula is C21H20N2O3. The number of aliphatic carboxylic acids is 1. The first-order valence-electron chi connectivity index (χ1n) is 8.69. The summed E-state index contributed by atoms with van der Waals surface area (Å²) in [6.45, 7) is 0.352. The van der Waals surface area contributed by atoms with Crippen LogP contribution >= 0.6 is 0 Å². The molecule has 3 aromatic rings. The van der Waals surface area contributed by atoms with E-state index in [0.717, 1.165) is 27.7 Å². The molecule has 0 spiro atoms. The number of carbonyl (C=O) groups is 2. The molecule has 2 aromatic carbocycles. The molecular weight excluding hydrogens is 328 g/mol. The fourth-order valence-corrected chi connectivity index (χ4v) is 3.94. The summed E-state index contributed by atoms with van der Waals surface area (Å²) in [5.41, 5.74) is 3.14. The topological polar surface area (TPSA) is 82.2 Å². The van der Waals surface area contributed by atoms with E-state index >= 15 is 0 Å². The molecule has 1 amide bonds. The third-order valence-corrected chi connectivity index (χ3v) is 5.17. The SMILES string of the molecule is O=C(O)CC1(C(=O)NCc2cc3ccccc3[nH]2)Cc2ccccc2C1. The van der Waals surface area contributed by atoms with Crippen LogP contribution in [0.25, 0.3) is 10.9 Å². The van der Waals surface area contributed by atoms with Crippen LogP contribution in [-0.2, 0) is 29.0 Å². The number of carboxylic acids is 1. The second kappa shape index (κ2) is 6.33. The average molecular weight is 348 g/mol. The van der Waals surface area contributed by atoms with Gasteiger partial charge in [0.1, 0.15) is 0 Å². The highest BCUT2D eigenvalue weighted by Crippen LogP contribution is 2.40. The van der Waals surface area contributed by atoms with Crippen LogP contribution in [0.15, 0.2) is 54.6 Å². The van der Waals surface area contributed by atoms with Gasteiger partial charge in [-0.2, -0.15) is 0 Å². The summed E-state index contributed by atoms with van der Waals surface area (Å²) in [6, 6.07) is 17.7. The smallest absolute Gasteiger partial charge is 0.304 e. The number of hydrogen-bond acceptors (Lipinski definition) is 2. The van der Waals surface area contributed by atoms with Gasteiger partial charge in [0.25, 0.3) is 0 Å². The van der Waals surface area contributed by atoms with Crippen molar-refractivity contribution in [2.24, 2.45) is 5.41 Å². The number of benzene rings is 2. The van der Waals surface area contributed by atoms with Crippen molar-refractivity contribution in [2.75, 3.05) is 0 Å². The van der Waals surface area contributed by atoms with E-state index in [1.54, 1.807) is 0 Å². The molecule has 1 heterocycles. The fraction of sp³-hybridized carbons (Fsp3) is 0.238. The monoisotopic (exact) mass is 348 g/mol. The number of hydrogen-bond donors (Lipinski definition) is 3. The molecule has 3 N–H and O–H groups in total. The molecule has 1 aromatic heterocycles. The van der Waals surface area contributed by atoms with Crippen molar-refractivity contribution in [1.29, 1.82) is 0 Å². The molecule has 5 nitrogen and oxygen atoms in total. The summed E-state index contributed by atoms with van der Waals surface area (Å²) >= 11 is 0. The number of fused-ring (bicyclic) bond motifs is 2. The summed E-state index contributed by atoms with van der Waals surface area (Å²) in [6.07, 6.45) is 0.766. The van der Waals surface area contributed by atoms with E-state index in [0.29, 0.717) is 19.4 Å². The molecule has 0 bridgehead atoms. The Labute approximate surface area is 151 Å². The minimum absolute atomic E-state index is 0.166. The van der Waals surface area contributed by atoms with Gasteiger partial charge >= 0.3 is 5.97 Å². The van der Waals surface area contributed by atoms with Gasteiger partial charge in [-0.25, -0.2) is 0 Å². The molecule has 0 saturated carbocycles. The highest BCUT2D eigenvalue weighted by molar-refractivity contribution is 5.88. The van der Waals surface area contributed by atoms with E-state index < -0.39 is 11.4 Å². The van der Waals surface area contributed by atoms with Crippen LogP contribution in [0.1, 0.15) is 23.2 Å². The highest BCUT2D eigenvalue weighted by atomic mass is 16.4. The van der Waals surface area contributed by atoms with E-state index in [2.05, 4.69) is 10.3 Å². The molecule has 0 radical (unpaired) electrons. The van der Waals surface area contributed by atoms with E-state index in [4.69, 9.17) is 0 Å². The minimum atomic E-state index is -0.946. The number of aromatic amines is 1. The fourth-order valence-electron chi connectivity index (χ4n) is 3.94. The van der Waals surface area contributed by atoms with Gasteiger partial charge in [-0.15, -0.1) is 0 Å². The maximum absolute atomic E-state index is 13.0. The third-order valence-electron chi connectivity index (χ3n) is 5.17. The van der Waals surface area contributed by atoms with Crippen molar-refractivity contribution in [3.05, 3.63) is 71.4 Å². The maximum Gasteiger partial charge on any atom is 0.304 e. The zero-order chi connectivity index (χ0) is 18.1. The Kier molecular flexibility index (Phi) is 3.99. The van der Waals surface area contributed by atoms with E-state index in [9.17, 15) is 14.7 Å². The number of H-pyrrole nitrogens is 1. The Morgan fingerprint density at radius 2 is 1.69 bits per heavy atom. The molecule has 5 heteroatoms. The minimum Gasteiger partial charge on any atom is -0.481 e. The molecule has 132 valence electrons. The summed E-state index contributed by atoms with van der Waals surface area (Å²) in [5.74, 6) is -1.15. The van der Waals surface area contributed by atoms with Crippen molar-refractivity contribution in [3.8, 4) is 0 Å². The summed E-state index contributed by atoms with van der Waals surface area (Å²) in [5, 5.41) is 13.4. The van der Waals surface area contributed by atoms with Crippen LogP contribution in [-0.4, -0.2) is 22.0 Å². The first kappa shape index (κ1) is 16.4. The quantitative estimate of drug-likeness (QED) is 0.663. The second-order valence-electron chi connectivity index (χ2n) is 7.04. The molecule has 4 rings (SSSR count). The number of rotatable bonds is 5. The van der Waals surface area contributed by atoms with E-state index in [1.807, 2.05) is 54.6 Å². The lowest BCUT2D eigenvalue weighted by Gasteiger charge is -2.25. The van der Waals surface area contributed by atoms with Gasteiger partial charge in [-0.05, 0) is 41.5 Å². The van der Waals surface area contributed by atoms with Crippen LogP contribution < -0.4 is 5.32 Å². The Balaban J connectivity index is 1.53. The van der Waals surface area contributed by atoms with E-state index in [-0.39, 0.29) is 12.3 Å². The molecule has 26 heavy (non-hydrogen) atoms. The Hall–Kier alpha value is -3.08. The number of amides is 1. The maximum atomic E-state index is 13.0. The third kappa shape index (κ3) is 2.96. The molecule has 0 fully saturated rings. The van der Waals surface area contributed by atoms with Gasteiger partial charge in [0.05, 0.1) is 18.4 Å². The van der Waals surface area contributed by atoms with Crippen LogP contribution in [0.3, 0.4) is 0 Å². The Bertz CT molecular complexity index is 932. The molecule has 0 saturated heterocycles. The lowest BCUT2D eigenvalue weighted by molar-refractivity contribution is -0.145. The summed E-state index contributed by atoms with van der Waals surface area (Å²) in [4.78, 5) is 27.7. The van der Waals surface area contributed by atoms with Gasteiger partial charge in [0.2, 0.25) is 5.91 Å².